The Morgan fingerprint density at radius 2 is 1.93 bits per heavy atom. The van der Waals surface area contributed by atoms with Crippen molar-refractivity contribution in [3.8, 4) is 0 Å². The highest BCUT2D eigenvalue weighted by molar-refractivity contribution is 5.73. The van der Waals surface area contributed by atoms with Crippen LogP contribution < -0.4 is 10.8 Å². The van der Waals surface area contributed by atoms with Crippen molar-refractivity contribution < 1.29 is 14.4 Å². The third-order valence-electron chi connectivity index (χ3n) is 3.35. The Bertz CT molecular complexity index is 212. The van der Waals surface area contributed by atoms with Crippen LogP contribution in [0.1, 0.15) is 33.6 Å². The predicted molar refractivity (Wildman–Crippen MR) is 54.1 cm³/mol. The van der Waals surface area contributed by atoms with E-state index in [0.29, 0.717) is 0 Å². The van der Waals surface area contributed by atoms with Crippen molar-refractivity contribution in [2.45, 2.75) is 45.3 Å². The van der Waals surface area contributed by atoms with Crippen LogP contribution in [0.25, 0.3) is 0 Å². The molecule has 4 heteroatoms. The summed E-state index contributed by atoms with van der Waals surface area (Å²) in [6.45, 7) is 5.33. The highest BCUT2D eigenvalue weighted by Gasteiger charge is 2.41. The Morgan fingerprint density at radius 3 is 2.21 bits per heavy atom. The molecule has 0 bridgehead atoms. The predicted octanol–water partition coefficient (Wildman–Crippen LogP) is -0.324. The van der Waals surface area contributed by atoms with Crippen LogP contribution in [0.15, 0.2) is 0 Å². The molecule has 14 heavy (non-hydrogen) atoms. The molecule has 0 aromatic rings. The minimum atomic E-state index is -1.06. The highest BCUT2D eigenvalue weighted by Crippen LogP contribution is 2.23. The number of rotatable bonds is 5. The van der Waals surface area contributed by atoms with Gasteiger partial charge in [-0.1, -0.05) is 6.92 Å². The van der Waals surface area contributed by atoms with E-state index in [0.717, 1.165) is 12.8 Å². The molecule has 0 saturated carbocycles. The quantitative estimate of drug-likeness (QED) is 0.490. The number of likely N-dealkylation sites (N-methyl/N-ethyl adjacent to an activating group) is 1. The minimum absolute atomic E-state index is 0.173. The molecule has 0 radical (unpaired) electrons. The third kappa shape index (κ3) is 2.25. The first kappa shape index (κ1) is 13.4. The van der Waals surface area contributed by atoms with E-state index >= 15 is 0 Å². The SMILES string of the molecule is CCCC(N)[N+](C)(C)C(C)(C)C(=O)[O-]. The number of nitrogens with two attached hydrogens (primary N) is 1. The maximum atomic E-state index is 11.0. The molecule has 0 rings (SSSR count). The standard InChI is InChI=1S/C10H22N2O2/c1-6-7-8(11)12(4,5)10(2,3)9(13)14/h8H,6-7,11H2,1-5H3. The van der Waals surface area contributed by atoms with Crippen LogP contribution in [-0.4, -0.2) is 36.3 Å². The van der Waals surface area contributed by atoms with Gasteiger partial charge < -0.3 is 14.4 Å². The fourth-order valence-corrected chi connectivity index (χ4v) is 1.27. The number of hydrogen-bond acceptors (Lipinski definition) is 3. The van der Waals surface area contributed by atoms with Gasteiger partial charge in [0.15, 0.2) is 0 Å². The summed E-state index contributed by atoms with van der Waals surface area (Å²) in [6, 6.07) is 0. The fraction of sp³-hybridized carbons (Fsp3) is 0.900. The first-order valence-electron chi connectivity index (χ1n) is 4.98. The Kier molecular flexibility index (Phi) is 4.09. The zero-order chi connectivity index (χ0) is 11.6. The molecule has 84 valence electrons. The second-order valence-electron chi connectivity index (χ2n) is 4.74. The molecule has 0 heterocycles. The molecular formula is C10H22N2O2. The van der Waals surface area contributed by atoms with Crippen molar-refractivity contribution >= 4 is 5.97 Å². The highest BCUT2D eigenvalue weighted by atomic mass is 16.4. The van der Waals surface area contributed by atoms with Gasteiger partial charge in [0.25, 0.3) is 0 Å². The molecule has 0 aliphatic rings. The Hall–Kier alpha value is -0.610. The maximum absolute atomic E-state index is 11.0. The van der Waals surface area contributed by atoms with Crippen molar-refractivity contribution in [2.24, 2.45) is 5.73 Å². The topological polar surface area (TPSA) is 66.2 Å². The molecule has 0 spiro atoms. The Morgan fingerprint density at radius 1 is 1.50 bits per heavy atom. The molecule has 1 unspecified atom stereocenters. The van der Waals surface area contributed by atoms with E-state index < -0.39 is 11.5 Å². The summed E-state index contributed by atoms with van der Waals surface area (Å²) in [5, 5.41) is 11.0. The molecule has 0 aliphatic heterocycles. The summed E-state index contributed by atoms with van der Waals surface area (Å²) in [4.78, 5) is 11.0. The summed E-state index contributed by atoms with van der Waals surface area (Å²) in [5.41, 5.74) is 5.00. The second kappa shape index (κ2) is 4.28. The van der Waals surface area contributed by atoms with Crippen molar-refractivity contribution in [3.63, 3.8) is 0 Å². The first-order valence-corrected chi connectivity index (χ1v) is 4.98. The van der Waals surface area contributed by atoms with Crippen LogP contribution in [0, 0.1) is 0 Å². The molecule has 1 atom stereocenters. The second-order valence-corrected chi connectivity index (χ2v) is 4.74. The summed E-state index contributed by atoms with van der Waals surface area (Å²) in [5.74, 6) is -1.06. The van der Waals surface area contributed by atoms with Gasteiger partial charge >= 0.3 is 0 Å². The van der Waals surface area contributed by atoms with E-state index in [1.165, 1.54) is 0 Å². The number of carboxylic acids is 1. The lowest BCUT2D eigenvalue weighted by Gasteiger charge is -2.48. The lowest BCUT2D eigenvalue weighted by atomic mass is 9.98. The maximum Gasteiger partial charge on any atom is 0.140 e. The van der Waals surface area contributed by atoms with E-state index in [9.17, 15) is 9.90 Å². The molecule has 0 saturated heterocycles. The average Bonchev–Trinajstić information content (AvgIpc) is 2.04. The lowest BCUT2D eigenvalue weighted by Crippen LogP contribution is -2.70. The normalized spacial score (nSPS) is 15.3. The van der Waals surface area contributed by atoms with Gasteiger partial charge in [0.2, 0.25) is 0 Å². The average molecular weight is 202 g/mol. The monoisotopic (exact) mass is 202 g/mol. The number of hydrogen-bond donors (Lipinski definition) is 1. The Balaban J connectivity index is 4.83. The van der Waals surface area contributed by atoms with E-state index in [1.54, 1.807) is 13.8 Å². The van der Waals surface area contributed by atoms with Crippen LogP contribution in [0.5, 0.6) is 0 Å². The Labute approximate surface area is 86.3 Å². The van der Waals surface area contributed by atoms with Crippen LogP contribution in [0.4, 0.5) is 0 Å². The molecule has 2 N–H and O–H groups in total. The van der Waals surface area contributed by atoms with Gasteiger partial charge in [0, 0.05) is 6.42 Å². The van der Waals surface area contributed by atoms with Crippen LogP contribution >= 0.6 is 0 Å². The molecule has 4 nitrogen and oxygen atoms in total. The molecule has 0 aromatic heterocycles. The molecule has 0 aliphatic carbocycles. The van der Waals surface area contributed by atoms with Gasteiger partial charge in [0.1, 0.15) is 17.7 Å². The van der Waals surface area contributed by atoms with Gasteiger partial charge in [-0.05, 0) is 20.3 Å². The van der Waals surface area contributed by atoms with Crippen molar-refractivity contribution in [1.82, 2.24) is 0 Å². The van der Waals surface area contributed by atoms with E-state index in [2.05, 4.69) is 0 Å². The van der Waals surface area contributed by atoms with Crippen LogP contribution in [0.2, 0.25) is 0 Å². The number of carboxylic acid groups (broad SMARTS) is 1. The van der Waals surface area contributed by atoms with Crippen LogP contribution in [0.3, 0.4) is 0 Å². The number of quaternary nitrogens is 1. The first-order chi connectivity index (χ1) is 6.17. The smallest absolute Gasteiger partial charge is 0.140 e. The molecule has 0 aromatic carbocycles. The van der Waals surface area contributed by atoms with Crippen molar-refractivity contribution in [1.29, 1.82) is 0 Å². The lowest BCUT2D eigenvalue weighted by molar-refractivity contribution is -0.953. The molecule has 0 fully saturated rings. The van der Waals surface area contributed by atoms with E-state index in [-0.39, 0.29) is 10.6 Å². The fourth-order valence-electron chi connectivity index (χ4n) is 1.27. The summed E-state index contributed by atoms with van der Waals surface area (Å²) < 4.78 is 0.239. The van der Waals surface area contributed by atoms with Gasteiger partial charge in [-0.2, -0.15) is 0 Å². The zero-order valence-corrected chi connectivity index (χ0v) is 9.83. The van der Waals surface area contributed by atoms with E-state index in [4.69, 9.17) is 5.73 Å². The summed E-state index contributed by atoms with van der Waals surface area (Å²) in [6.07, 6.45) is 1.59. The molecule has 0 amide bonds. The number of aliphatic carboxylic acids is 1. The number of carbonyl (C=O) groups is 1. The largest absolute Gasteiger partial charge is 0.544 e. The summed E-state index contributed by atoms with van der Waals surface area (Å²) >= 11 is 0. The zero-order valence-electron chi connectivity index (χ0n) is 9.83. The molecular weight excluding hydrogens is 180 g/mol. The summed E-state index contributed by atoms with van der Waals surface area (Å²) in [7, 11) is 3.66. The van der Waals surface area contributed by atoms with Crippen LogP contribution in [-0.2, 0) is 4.79 Å². The number of nitrogens with zero attached hydrogens (tertiary/aromatic N) is 1. The van der Waals surface area contributed by atoms with E-state index in [1.807, 2.05) is 21.0 Å². The third-order valence-corrected chi connectivity index (χ3v) is 3.35. The van der Waals surface area contributed by atoms with Gasteiger partial charge in [-0.15, -0.1) is 0 Å². The van der Waals surface area contributed by atoms with Gasteiger partial charge in [0.05, 0.1) is 14.1 Å². The minimum Gasteiger partial charge on any atom is -0.544 e. The van der Waals surface area contributed by atoms with Gasteiger partial charge in [-0.3, -0.25) is 5.73 Å². The van der Waals surface area contributed by atoms with Gasteiger partial charge in [-0.25, -0.2) is 0 Å². The van der Waals surface area contributed by atoms with Crippen molar-refractivity contribution in [2.75, 3.05) is 14.1 Å². The van der Waals surface area contributed by atoms with Crippen molar-refractivity contribution in [3.05, 3.63) is 0 Å². The number of carbonyl (C=O) groups excluding carboxylic acids is 1.